The lowest BCUT2D eigenvalue weighted by Gasteiger charge is -2.04. The highest BCUT2D eigenvalue weighted by Crippen LogP contribution is 2.20. The first-order valence-corrected chi connectivity index (χ1v) is 8.89. The molecule has 0 unspecified atom stereocenters. The van der Waals surface area contributed by atoms with Crippen molar-refractivity contribution in [2.24, 2.45) is 5.16 Å². The van der Waals surface area contributed by atoms with E-state index >= 15 is 0 Å². The van der Waals surface area contributed by atoms with Gasteiger partial charge in [-0.3, -0.25) is 9.78 Å². The number of fused-ring (bicyclic) bond motifs is 1. The average Bonchev–Trinajstić information content (AvgIpc) is 3.25. The summed E-state index contributed by atoms with van der Waals surface area (Å²) in [7, 11) is 0. The second-order valence-electron chi connectivity index (χ2n) is 5.85. The summed E-state index contributed by atoms with van der Waals surface area (Å²) in [5.41, 5.74) is 0.517. The van der Waals surface area contributed by atoms with Gasteiger partial charge in [0.15, 0.2) is 0 Å². The van der Waals surface area contributed by atoms with Gasteiger partial charge in [-0.15, -0.1) is 11.3 Å². The summed E-state index contributed by atoms with van der Waals surface area (Å²) < 4.78 is 5.10. The Morgan fingerprint density at radius 2 is 2.16 bits per heavy atom. The van der Waals surface area contributed by atoms with Gasteiger partial charge in [0.25, 0.3) is 5.56 Å². The molecule has 1 aliphatic carbocycles. The van der Waals surface area contributed by atoms with Crippen LogP contribution in [0.5, 0.6) is 6.01 Å². The third kappa shape index (κ3) is 3.39. The standard InChI is InChI=1S/C17H15N3O4S/c21-13-9-10(8-12-6-3-7-25-12)14-15(22)18-17(19-16(14)23-13)24-20-11-4-1-2-5-11/h3,6-7,9H,1-2,4-5,8H2,(H,18,19,22). The molecular formula is C17H15N3O4S. The summed E-state index contributed by atoms with van der Waals surface area (Å²) in [6.45, 7) is 0. The van der Waals surface area contributed by atoms with Gasteiger partial charge in [-0.25, -0.2) is 4.79 Å². The second-order valence-corrected chi connectivity index (χ2v) is 6.89. The smallest absolute Gasteiger partial charge is 0.337 e. The zero-order valence-electron chi connectivity index (χ0n) is 13.3. The van der Waals surface area contributed by atoms with E-state index in [2.05, 4.69) is 15.1 Å². The van der Waals surface area contributed by atoms with Crippen LogP contribution < -0.4 is 16.0 Å². The Bertz CT molecular complexity index is 1040. The lowest BCUT2D eigenvalue weighted by molar-refractivity contribution is 0.309. The molecule has 0 atom stereocenters. The van der Waals surface area contributed by atoms with E-state index in [9.17, 15) is 9.59 Å². The van der Waals surface area contributed by atoms with Gasteiger partial charge in [0.2, 0.25) is 5.71 Å². The van der Waals surface area contributed by atoms with Crippen LogP contribution in [-0.4, -0.2) is 15.7 Å². The first-order chi connectivity index (χ1) is 12.2. The fraction of sp³-hybridized carbons (Fsp3) is 0.294. The van der Waals surface area contributed by atoms with Gasteiger partial charge in [-0.2, -0.15) is 4.98 Å². The first-order valence-electron chi connectivity index (χ1n) is 8.01. The third-order valence-electron chi connectivity index (χ3n) is 4.06. The van der Waals surface area contributed by atoms with Crippen LogP contribution in [0, 0.1) is 0 Å². The lowest BCUT2D eigenvalue weighted by Crippen LogP contribution is -2.15. The zero-order valence-corrected chi connectivity index (χ0v) is 14.1. The number of aromatic amines is 1. The molecule has 3 aromatic heterocycles. The van der Waals surface area contributed by atoms with Crippen LogP contribution >= 0.6 is 11.3 Å². The largest absolute Gasteiger partial charge is 0.403 e. The molecule has 25 heavy (non-hydrogen) atoms. The lowest BCUT2D eigenvalue weighted by atomic mass is 10.1. The number of H-pyrrole nitrogens is 1. The summed E-state index contributed by atoms with van der Waals surface area (Å²) in [6, 6.07) is 5.12. The monoisotopic (exact) mass is 357 g/mol. The summed E-state index contributed by atoms with van der Waals surface area (Å²) in [6.07, 6.45) is 4.42. The Morgan fingerprint density at radius 3 is 2.92 bits per heavy atom. The van der Waals surface area contributed by atoms with E-state index in [1.807, 2.05) is 17.5 Å². The number of hydrogen-bond donors (Lipinski definition) is 1. The molecule has 0 saturated heterocycles. The van der Waals surface area contributed by atoms with Crippen molar-refractivity contribution in [1.82, 2.24) is 9.97 Å². The minimum Gasteiger partial charge on any atom is -0.403 e. The van der Waals surface area contributed by atoms with Crippen molar-refractivity contribution in [2.75, 3.05) is 0 Å². The second kappa shape index (κ2) is 6.64. The van der Waals surface area contributed by atoms with Crippen LogP contribution in [0.2, 0.25) is 0 Å². The van der Waals surface area contributed by atoms with Gasteiger partial charge in [0.05, 0.1) is 5.71 Å². The van der Waals surface area contributed by atoms with E-state index in [1.165, 1.54) is 6.07 Å². The molecule has 0 radical (unpaired) electrons. The van der Waals surface area contributed by atoms with Crippen molar-refractivity contribution >= 4 is 28.1 Å². The molecule has 8 heteroatoms. The van der Waals surface area contributed by atoms with E-state index in [-0.39, 0.29) is 17.1 Å². The maximum atomic E-state index is 12.5. The number of rotatable bonds is 4. The summed E-state index contributed by atoms with van der Waals surface area (Å²) in [4.78, 5) is 37.2. The number of aromatic nitrogens is 2. The van der Waals surface area contributed by atoms with E-state index < -0.39 is 11.2 Å². The van der Waals surface area contributed by atoms with Crippen LogP contribution in [0.25, 0.3) is 11.1 Å². The molecule has 0 aromatic carbocycles. The van der Waals surface area contributed by atoms with Crippen LogP contribution in [0.15, 0.2) is 42.7 Å². The molecule has 4 rings (SSSR count). The highest BCUT2D eigenvalue weighted by atomic mass is 32.1. The summed E-state index contributed by atoms with van der Waals surface area (Å²) in [5.74, 6) is 0. The summed E-state index contributed by atoms with van der Waals surface area (Å²) in [5, 5.41) is 6.22. The maximum Gasteiger partial charge on any atom is 0.337 e. The van der Waals surface area contributed by atoms with Crippen molar-refractivity contribution in [3.8, 4) is 6.01 Å². The molecule has 128 valence electrons. The van der Waals surface area contributed by atoms with E-state index in [0.29, 0.717) is 12.0 Å². The molecular weight excluding hydrogens is 342 g/mol. The van der Waals surface area contributed by atoms with E-state index in [0.717, 1.165) is 36.3 Å². The number of oxime groups is 1. The van der Waals surface area contributed by atoms with Crippen molar-refractivity contribution in [2.45, 2.75) is 32.1 Å². The Morgan fingerprint density at radius 1 is 1.32 bits per heavy atom. The van der Waals surface area contributed by atoms with Gasteiger partial charge in [0, 0.05) is 17.4 Å². The van der Waals surface area contributed by atoms with E-state index in [1.54, 1.807) is 11.3 Å². The van der Waals surface area contributed by atoms with Crippen molar-refractivity contribution < 1.29 is 9.25 Å². The third-order valence-corrected chi connectivity index (χ3v) is 4.94. The minimum atomic E-state index is -0.551. The molecule has 0 spiro atoms. The van der Waals surface area contributed by atoms with Crippen molar-refractivity contribution in [1.29, 1.82) is 0 Å². The zero-order chi connectivity index (χ0) is 17.2. The summed E-state index contributed by atoms with van der Waals surface area (Å²) >= 11 is 1.56. The van der Waals surface area contributed by atoms with Crippen LogP contribution in [0.3, 0.4) is 0 Å². The highest BCUT2D eigenvalue weighted by Gasteiger charge is 2.15. The van der Waals surface area contributed by atoms with Gasteiger partial charge < -0.3 is 9.25 Å². The molecule has 1 saturated carbocycles. The SMILES string of the molecule is O=c1cc(Cc2cccs2)c2c(=O)[nH]c(ON=C3CCCC3)nc2o1. The Labute approximate surface area is 146 Å². The number of nitrogens with zero attached hydrogens (tertiary/aromatic N) is 2. The van der Waals surface area contributed by atoms with Crippen molar-refractivity contribution in [3.05, 3.63) is 54.8 Å². The van der Waals surface area contributed by atoms with Gasteiger partial charge >= 0.3 is 11.6 Å². The molecule has 7 nitrogen and oxygen atoms in total. The quantitative estimate of drug-likeness (QED) is 0.724. The molecule has 1 fully saturated rings. The molecule has 0 aliphatic heterocycles. The molecule has 0 bridgehead atoms. The number of nitrogens with one attached hydrogen (secondary N) is 1. The normalized spacial score (nSPS) is 14.2. The molecule has 3 heterocycles. The number of hydrogen-bond acceptors (Lipinski definition) is 7. The fourth-order valence-electron chi connectivity index (χ4n) is 2.89. The van der Waals surface area contributed by atoms with Gasteiger partial charge in [0.1, 0.15) is 5.39 Å². The topological polar surface area (TPSA) is 97.5 Å². The Balaban J connectivity index is 1.74. The Kier molecular flexibility index (Phi) is 4.19. The molecule has 3 aromatic rings. The van der Waals surface area contributed by atoms with Gasteiger partial charge in [-0.1, -0.05) is 11.2 Å². The fourth-order valence-corrected chi connectivity index (χ4v) is 3.62. The molecule has 1 N–H and O–H groups in total. The minimum absolute atomic E-state index is 0.0376. The van der Waals surface area contributed by atoms with Crippen LogP contribution in [0.4, 0.5) is 0 Å². The maximum absolute atomic E-state index is 12.5. The molecule has 1 aliphatic rings. The molecule has 0 amide bonds. The number of thiophene rings is 1. The predicted molar refractivity (Wildman–Crippen MR) is 94.6 cm³/mol. The predicted octanol–water partition coefficient (Wildman–Crippen LogP) is 2.84. The van der Waals surface area contributed by atoms with Gasteiger partial charge in [-0.05, 0) is 42.7 Å². The van der Waals surface area contributed by atoms with Crippen LogP contribution in [-0.2, 0) is 6.42 Å². The first kappa shape index (κ1) is 15.8. The van der Waals surface area contributed by atoms with E-state index in [4.69, 9.17) is 9.25 Å². The van der Waals surface area contributed by atoms with Crippen LogP contribution in [0.1, 0.15) is 36.1 Å². The average molecular weight is 357 g/mol. The highest BCUT2D eigenvalue weighted by molar-refractivity contribution is 7.09. The van der Waals surface area contributed by atoms with Crippen molar-refractivity contribution in [3.63, 3.8) is 0 Å². The Hall–Kier alpha value is -2.74.